The first-order valence-electron chi connectivity index (χ1n) is 7.09. The van der Waals surface area contributed by atoms with Crippen molar-refractivity contribution in [3.05, 3.63) is 11.9 Å². The normalized spacial score (nSPS) is 15.4. The van der Waals surface area contributed by atoms with Gasteiger partial charge in [-0.15, -0.1) is 0 Å². The second kappa shape index (κ2) is 6.19. The molecule has 0 unspecified atom stereocenters. The Labute approximate surface area is 115 Å². The first-order valence-corrected chi connectivity index (χ1v) is 7.09. The van der Waals surface area contributed by atoms with E-state index >= 15 is 0 Å². The summed E-state index contributed by atoms with van der Waals surface area (Å²) in [5.41, 5.74) is 1.14. The van der Waals surface area contributed by atoms with Gasteiger partial charge in [0, 0.05) is 25.2 Å². The fourth-order valence-corrected chi connectivity index (χ4v) is 2.61. The highest BCUT2D eigenvalue weighted by molar-refractivity contribution is 5.60. The quantitative estimate of drug-likeness (QED) is 0.823. The number of aliphatic hydroxyl groups is 1. The Morgan fingerprint density at radius 1 is 1.42 bits per heavy atom. The molecule has 5 heteroatoms. The first kappa shape index (κ1) is 14.1. The third-order valence-corrected chi connectivity index (χ3v) is 3.81. The number of aromatic nitrogens is 2. The molecular weight excluding hydrogens is 240 g/mol. The number of nitrogens with one attached hydrogen (secondary N) is 1. The molecule has 0 bridgehead atoms. The summed E-state index contributed by atoms with van der Waals surface area (Å²) in [5, 5.41) is 12.5. The Bertz CT molecular complexity index is 418. The summed E-state index contributed by atoms with van der Waals surface area (Å²) >= 11 is 0. The highest BCUT2D eigenvalue weighted by Gasteiger charge is 2.28. The van der Waals surface area contributed by atoms with Gasteiger partial charge in [0.05, 0.1) is 6.61 Å². The van der Waals surface area contributed by atoms with E-state index in [0.29, 0.717) is 18.5 Å². The minimum Gasteiger partial charge on any atom is -0.395 e. The van der Waals surface area contributed by atoms with E-state index in [4.69, 9.17) is 0 Å². The SMILES string of the molecule is CNc1ncnc(N(CCO)C2CCC2)c1C(C)C. The summed E-state index contributed by atoms with van der Waals surface area (Å²) in [4.78, 5) is 11.1. The van der Waals surface area contributed by atoms with Gasteiger partial charge in [0.15, 0.2) is 0 Å². The molecule has 19 heavy (non-hydrogen) atoms. The number of hydrogen-bond acceptors (Lipinski definition) is 5. The lowest BCUT2D eigenvalue weighted by Crippen LogP contribution is -2.43. The van der Waals surface area contributed by atoms with Crippen LogP contribution in [0.3, 0.4) is 0 Å². The molecule has 106 valence electrons. The lowest BCUT2D eigenvalue weighted by atomic mass is 9.90. The van der Waals surface area contributed by atoms with Gasteiger partial charge in [-0.3, -0.25) is 0 Å². The van der Waals surface area contributed by atoms with Crippen LogP contribution in [0, 0.1) is 0 Å². The monoisotopic (exact) mass is 264 g/mol. The van der Waals surface area contributed by atoms with Crippen LogP contribution in [0.4, 0.5) is 11.6 Å². The molecule has 1 aromatic heterocycles. The Morgan fingerprint density at radius 2 is 2.16 bits per heavy atom. The zero-order chi connectivity index (χ0) is 13.8. The van der Waals surface area contributed by atoms with Crippen LogP contribution in [0.5, 0.6) is 0 Å². The van der Waals surface area contributed by atoms with Crippen molar-refractivity contribution in [2.45, 2.75) is 45.1 Å². The number of rotatable bonds is 6. The Kier molecular flexibility index (Phi) is 4.58. The molecule has 0 atom stereocenters. The van der Waals surface area contributed by atoms with Gasteiger partial charge in [-0.05, 0) is 25.2 Å². The van der Waals surface area contributed by atoms with Crippen molar-refractivity contribution in [3.63, 3.8) is 0 Å². The van der Waals surface area contributed by atoms with E-state index in [-0.39, 0.29) is 6.61 Å². The second-order valence-electron chi connectivity index (χ2n) is 5.37. The van der Waals surface area contributed by atoms with Crippen LogP contribution in [0.1, 0.15) is 44.6 Å². The molecule has 2 N–H and O–H groups in total. The fourth-order valence-electron chi connectivity index (χ4n) is 2.61. The molecule has 1 aromatic rings. The highest BCUT2D eigenvalue weighted by atomic mass is 16.3. The molecule has 0 amide bonds. The fraction of sp³-hybridized carbons (Fsp3) is 0.714. The van der Waals surface area contributed by atoms with Gasteiger partial charge < -0.3 is 15.3 Å². The molecule has 0 aliphatic heterocycles. The van der Waals surface area contributed by atoms with Gasteiger partial charge in [0.2, 0.25) is 0 Å². The summed E-state index contributed by atoms with van der Waals surface area (Å²) in [7, 11) is 1.89. The minimum absolute atomic E-state index is 0.160. The molecular formula is C14H24N4O. The topological polar surface area (TPSA) is 61.3 Å². The van der Waals surface area contributed by atoms with Crippen molar-refractivity contribution in [3.8, 4) is 0 Å². The number of nitrogens with zero attached hydrogens (tertiary/aromatic N) is 3. The molecule has 0 radical (unpaired) electrons. The third kappa shape index (κ3) is 2.81. The zero-order valence-electron chi connectivity index (χ0n) is 12.1. The number of aliphatic hydroxyl groups excluding tert-OH is 1. The van der Waals surface area contributed by atoms with E-state index in [9.17, 15) is 5.11 Å². The van der Waals surface area contributed by atoms with Gasteiger partial charge >= 0.3 is 0 Å². The Hall–Kier alpha value is -1.36. The lowest BCUT2D eigenvalue weighted by molar-refractivity contribution is 0.282. The predicted molar refractivity (Wildman–Crippen MR) is 77.7 cm³/mol. The number of hydrogen-bond donors (Lipinski definition) is 2. The second-order valence-corrected chi connectivity index (χ2v) is 5.37. The van der Waals surface area contributed by atoms with Crippen LogP contribution in [-0.4, -0.2) is 41.3 Å². The van der Waals surface area contributed by atoms with Gasteiger partial charge in [0.25, 0.3) is 0 Å². The Balaban J connectivity index is 2.39. The molecule has 5 nitrogen and oxygen atoms in total. The maximum Gasteiger partial charge on any atom is 0.137 e. The van der Waals surface area contributed by atoms with Crippen LogP contribution in [-0.2, 0) is 0 Å². The zero-order valence-corrected chi connectivity index (χ0v) is 12.1. The van der Waals surface area contributed by atoms with Crippen LogP contribution in [0.2, 0.25) is 0 Å². The average molecular weight is 264 g/mol. The van der Waals surface area contributed by atoms with Crippen LogP contribution < -0.4 is 10.2 Å². The van der Waals surface area contributed by atoms with Gasteiger partial charge in [0.1, 0.15) is 18.0 Å². The minimum atomic E-state index is 0.160. The molecule has 1 saturated carbocycles. The summed E-state index contributed by atoms with van der Waals surface area (Å²) < 4.78 is 0. The van der Waals surface area contributed by atoms with Crippen molar-refractivity contribution < 1.29 is 5.11 Å². The summed E-state index contributed by atoms with van der Waals surface area (Å²) in [6.07, 6.45) is 5.26. The van der Waals surface area contributed by atoms with Gasteiger partial charge in [-0.1, -0.05) is 13.8 Å². The lowest BCUT2D eigenvalue weighted by Gasteiger charge is -2.39. The van der Waals surface area contributed by atoms with E-state index in [0.717, 1.165) is 17.2 Å². The molecule has 1 fully saturated rings. The van der Waals surface area contributed by atoms with Crippen LogP contribution in [0.15, 0.2) is 6.33 Å². The van der Waals surface area contributed by atoms with Gasteiger partial charge in [-0.2, -0.15) is 0 Å². The van der Waals surface area contributed by atoms with Crippen LogP contribution >= 0.6 is 0 Å². The molecule has 2 rings (SSSR count). The molecule has 0 spiro atoms. The Morgan fingerprint density at radius 3 is 2.63 bits per heavy atom. The smallest absolute Gasteiger partial charge is 0.137 e. The van der Waals surface area contributed by atoms with Crippen molar-refractivity contribution in [1.29, 1.82) is 0 Å². The largest absolute Gasteiger partial charge is 0.395 e. The van der Waals surface area contributed by atoms with E-state index in [1.807, 2.05) is 7.05 Å². The van der Waals surface area contributed by atoms with Gasteiger partial charge in [-0.25, -0.2) is 9.97 Å². The van der Waals surface area contributed by atoms with E-state index < -0.39 is 0 Å². The molecule has 0 aromatic carbocycles. The summed E-state index contributed by atoms with van der Waals surface area (Å²) in [6, 6.07) is 0.518. The molecule has 1 aliphatic rings. The third-order valence-electron chi connectivity index (χ3n) is 3.81. The van der Waals surface area contributed by atoms with E-state index in [2.05, 4.69) is 34.0 Å². The standard InChI is InChI=1S/C14H24N4O/c1-10(2)12-13(15-3)16-9-17-14(12)18(7-8-19)11-5-4-6-11/h9-11,19H,4-8H2,1-3H3,(H,15,16,17). The van der Waals surface area contributed by atoms with Crippen molar-refractivity contribution in [2.75, 3.05) is 30.4 Å². The summed E-state index contributed by atoms with van der Waals surface area (Å²) in [5.74, 6) is 2.22. The number of anilines is 2. The predicted octanol–water partition coefficient (Wildman–Crippen LogP) is 1.99. The van der Waals surface area contributed by atoms with Crippen LogP contribution in [0.25, 0.3) is 0 Å². The summed E-state index contributed by atoms with van der Waals surface area (Å²) in [6.45, 7) is 5.11. The van der Waals surface area contributed by atoms with Crippen molar-refractivity contribution >= 4 is 11.6 Å². The first-order chi connectivity index (χ1) is 9.19. The molecule has 1 heterocycles. The molecule has 1 aliphatic carbocycles. The van der Waals surface area contributed by atoms with E-state index in [1.54, 1.807) is 6.33 Å². The van der Waals surface area contributed by atoms with E-state index in [1.165, 1.54) is 19.3 Å². The maximum absolute atomic E-state index is 9.32. The maximum atomic E-state index is 9.32. The molecule has 0 saturated heterocycles. The van der Waals surface area contributed by atoms with Crippen molar-refractivity contribution in [2.24, 2.45) is 0 Å². The van der Waals surface area contributed by atoms with Crippen molar-refractivity contribution in [1.82, 2.24) is 9.97 Å². The average Bonchev–Trinajstić information content (AvgIpc) is 2.35. The highest BCUT2D eigenvalue weighted by Crippen LogP contribution is 2.35.